The predicted molar refractivity (Wildman–Crippen MR) is 85.0 cm³/mol. The Kier molecular flexibility index (Phi) is 3.35. The van der Waals surface area contributed by atoms with Crippen molar-refractivity contribution < 1.29 is 9.90 Å². The third-order valence-electron chi connectivity index (χ3n) is 4.51. The fourth-order valence-corrected chi connectivity index (χ4v) is 4.20. The van der Waals surface area contributed by atoms with Crippen molar-refractivity contribution in [3.8, 4) is 16.3 Å². The molecule has 1 amide bonds. The van der Waals surface area contributed by atoms with E-state index in [4.69, 9.17) is 0 Å². The Hall–Kier alpha value is -1.92. The minimum absolute atomic E-state index is 0.0575. The number of nitrogens with one attached hydrogen (secondary N) is 1. The van der Waals surface area contributed by atoms with Crippen LogP contribution < -0.4 is 5.32 Å². The van der Waals surface area contributed by atoms with Gasteiger partial charge in [0.2, 0.25) is 0 Å². The summed E-state index contributed by atoms with van der Waals surface area (Å²) in [5.41, 5.74) is 0.664. The Bertz CT molecular complexity index is 715. The van der Waals surface area contributed by atoms with Gasteiger partial charge in [0, 0.05) is 19.1 Å². The van der Waals surface area contributed by atoms with Crippen LogP contribution in [0.1, 0.15) is 16.1 Å². The Labute approximate surface area is 132 Å². The van der Waals surface area contributed by atoms with Gasteiger partial charge in [-0.05, 0) is 31.0 Å². The minimum Gasteiger partial charge on any atom is -0.507 e. The molecule has 3 heterocycles. The average Bonchev–Trinajstić information content (AvgIpc) is 3.24. The summed E-state index contributed by atoms with van der Waals surface area (Å²) in [7, 11) is 0. The number of carbonyl (C=O) groups excluding carboxylic acids is 1. The number of piperidine rings is 1. The number of amides is 1. The Morgan fingerprint density at radius 3 is 2.95 bits per heavy atom. The molecular weight excluding hydrogens is 298 g/mol. The Balaban J connectivity index is 1.49. The fraction of sp³-hybridized carbons (Fsp3) is 0.375. The molecule has 2 N–H and O–H groups in total. The second-order valence-electron chi connectivity index (χ2n) is 5.94. The number of hydrogen-bond donors (Lipinski definition) is 2. The summed E-state index contributed by atoms with van der Waals surface area (Å²) in [4.78, 5) is 19.7. The number of benzene rings is 1. The summed E-state index contributed by atoms with van der Waals surface area (Å²) in [6.45, 7) is 3.23. The molecule has 5 nitrogen and oxygen atoms in total. The van der Waals surface area contributed by atoms with Crippen LogP contribution in [0.3, 0.4) is 0 Å². The van der Waals surface area contributed by atoms with Crippen molar-refractivity contribution in [3.05, 3.63) is 35.3 Å². The monoisotopic (exact) mass is 315 g/mol. The molecule has 1 aromatic heterocycles. The van der Waals surface area contributed by atoms with E-state index < -0.39 is 0 Å². The number of aromatic hydroxyl groups is 1. The molecule has 2 aliphatic heterocycles. The van der Waals surface area contributed by atoms with Crippen molar-refractivity contribution in [1.82, 2.24) is 15.2 Å². The lowest BCUT2D eigenvalue weighted by atomic mass is 10.00. The van der Waals surface area contributed by atoms with E-state index in [0.29, 0.717) is 21.4 Å². The lowest BCUT2D eigenvalue weighted by Gasteiger charge is -2.22. The van der Waals surface area contributed by atoms with Gasteiger partial charge in [-0.1, -0.05) is 12.1 Å². The van der Waals surface area contributed by atoms with Gasteiger partial charge in [0.15, 0.2) is 0 Å². The van der Waals surface area contributed by atoms with Crippen molar-refractivity contribution in [2.75, 3.05) is 19.6 Å². The second kappa shape index (κ2) is 5.37. The van der Waals surface area contributed by atoms with Crippen molar-refractivity contribution in [2.24, 2.45) is 5.92 Å². The maximum absolute atomic E-state index is 12.4. The van der Waals surface area contributed by atoms with Gasteiger partial charge in [0.25, 0.3) is 5.91 Å². The lowest BCUT2D eigenvalue weighted by Crippen LogP contribution is -2.42. The van der Waals surface area contributed by atoms with Crippen molar-refractivity contribution >= 4 is 17.2 Å². The zero-order valence-electron chi connectivity index (χ0n) is 12.0. The van der Waals surface area contributed by atoms with Gasteiger partial charge in [-0.25, -0.2) is 4.98 Å². The van der Waals surface area contributed by atoms with Gasteiger partial charge in [-0.3, -0.25) is 4.79 Å². The van der Waals surface area contributed by atoms with Crippen molar-refractivity contribution in [1.29, 1.82) is 0 Å². The molecule has 2 saturated heterocycles. The first-order valence-corrected chi connectivity index (χ1v) is 8.30. The largest absolute Gasteiger partial charge is 0.507 e. The highest BCUT2D eigenvalue weighted by molar-refractivity contribution is 7.16. The van der Waals surface area contributed by atoms with Crippen LogP contribution in [0, 0.1) is 5.92 Å². The number of phenols is 1. The molecule has 22 heavy (non-hydrogen) atoms. The number of aromatic nitrogens is 1. The van der Waals surface area contributed by atoms with E-state index in [2.05, 4.69) is 15.2 Å². The zero-order valence-corrected chi connectivity index (χ0v) is 12.8. The molecule has 114 valence electrons. The highest BCUT2D eigenvalue weighted by Crippen LogP contribution is 2.32. The zero-order chi connectivity index (χ0) is 15.1. The Morgan fingerprint density at radius 2 is 2.23 bits per heavy atom. The maximum Gasteiger partial charge on any atom is 0.263 e. The number of carbonyl (C=O) groups is 1. The lowest BCUT2D eigenvalue weighted by molar-refractivity contribution is 0.0928. The van der Waals surface area contributed by atoms with Crippen LogP contribution in [-0.2, 0) is 0 Å². The summed E-state index contributed by atoms with van der Waals surface area (Å²) in [6.07, 6.45) is 2.77. The van der Waals surface area contributed by atoms with Crippen molar-refractivity contribution in [2.45, 2.75) is 12.5 Å². The number of nitrogens with zero attached hydrogens (tertiary/aromatic N) is 2. The smallest absolute Gasteiger partial charge is 0.263 e. The highest BCUT2D eigenvalue weighted by atomic mass is 32.1. The summed E-state index contributed by atoms with van der Waals surface area (Å²) in [6, 6.07) is 7.31. The summed E-state index contributed by atoms with van der Waals surface area (Å²) in [5.74, 6) is 0.720. The van der Waals surface area contributed by atoms with E-state index in [-0.39, 0.29) is 17.7 Å². The summed E-state index contributed by atoms with van der Waals surface area (Å²) >= 11 is 1.31. The standard InChI is InChI=1S/C16H17N3O2S/c20-13-4-2-1-3-11(13)16-17-7-14(22-16)15(21)18-12-9-19-6-5-10(12)8-19/h1-4,7,10,12,20H,5-6,8-9H2,(H,18,21)/t10-,12-/m0/s1. The van der Waals surface area contributed by atoms with Crippen LogP contribution in [0.15, 0.2) is 30.5 Å². The SMILES string of the molecule is O=C(N[C@H]1CN2CC[C@H]1C2)c1cnc(-c2ccccc2O)s1. The van der Waals surface area contributed by atoms with Crippen LogP contribution in [0.2, 0.25) is 0 Å². The van der Waals surface area contributed by atoms with Crippen LogP contribution in [0.4, 0.5) is 0 Å². The van der Waals surface area contributed by atoms with Gasteiger partial charge >= 0.3 is 0 Å². The molecule has 0 aliphatic carbocycles. The minimum atomic E-state index is -0.0575. The molecule has 2 bridgehead atoms. The Morgan fingerprint density at radius 1 is 1.36 bits per heavy atom. The van der Waals surface area contributed by atoms with Gasteiger partial charge in [0.05, 0.1) is 11.8 Å². The summed E-state index contributed by atoms with van der Waals surface area (Å²) in [5, 5.41) is 13.7. The molecule has 0 spiro atoms. The second-order valence-corrected chi connectivity index (χ2v) is 6.97. The maximum atomic E-state index is 12.4. The van der Waals surface area contributed by atoms with E-state index >= 15 is 0 Å². The van der Waals surface area contributed by atoms with Gasteiger partial charge in [0.1, 0.15) is 15.6 Å². The van der Waals surface area contributed by atoms with Gasteiger partial charge in [-0.2, -0.15) is 0 Å². The van der Waals surface area contributed by atoms with Crippen LogP contribution in [0.5, 0.6) is 5.75 Å². The molecule has 2 aromatic rings. The number of phenolic OH excluding ortho intramolecular Hbond substituents is 1. The molecule has 1 unspecified atom stereocenters. The average molecular weight is 315 g/mol. The quantitative estimate of drug-likeness (QED) is 0.908. The molecular formula is C16H17N3O2S. The van der Waals surface area contributed by atoms with Crippen molar-refractivity contribution in [3.63, 3.8) is 0 Å². The number of fused-ring (bicyclic) bond motifs is 2. The number of para-hydroxylation sites is 1. The summed E-state index contributed by atoms with van der Waals surface area (Å²) < 4.78 is 0. The van der Waals surface area contributed by atoms with E-state index in [1.807, 2.05) is 6.07 Å². The molecule has 2 fully saturated rings. The third-order valence-corrected chi connectivity index (χ3v) is 5.54. The molecule has 0 saturated carbocycles. The highest BCUT2D eigenvalue weighted by Gasteiger charge is 2.38. The molecule has 1 aromatic carbocycles. The normalized spacial score (nSPS) is 26.3. The van der Waals surface area contributed by atoms with Crippen LogP contribution in [0.25, 0.3) is 10.6 Å². The van der Waals surface area contributed by atoms with E-state index in [9.17, 15) is 9.90 Å². The number of thiazole rings is 1. The molecule has 0 radical (unpaired) electrons. The van der Waals surface area contributed by atoms with Gasteiger partial charge < -0.3 is 15.3 Å². The van der Waals surface area contributed by atoms with Gasteiger partial charge in [-0.15, -0.1) is 11.3 Å². The molecule has 6 heteroatoms. The van der Waals surface area contributed by atoms with E-state index in [1.165, 1.54) is 17.8 Å². The van der Waals surface area contributed by atoms with E-state index in [0.717, 1.165) is 19.6 Å². The number of rotatable bonds is 3. The first-order valence-electron chi connectivity index (χ1n) is 7.48. The first kappa shape index (κ1) is 13.7. The van der Waals surface area contributed by atoms with Crippen LogP contribution in [-0.4, -0.2) is 46.6 Å². The molecule has 2 aliphatic rings. The van der Waals surface area contributed by atoms with Crippen LogP contribution >= 0.6 is 11.3 Å². The van der Waals surface area contributed by atoms with E-state index in [1.54, 1.807) is 24.4 Å². The molecule has 4 rings (SSSR count). The third kappa shape index (κ3) is 2.38. The topological polar surface area (TPSA) is 65.5 Å². The molecule has 3 atom stereocenters. The first-order chi connectivity index (χ1) is 10.7. The number of hydrogen-bond acceptors (Lipinski definition) is 5. The fourth-order valence-electron chi connectivity index (χ4n) is 3.35. The predicted octanol–water partition coefficient (Wildman–Crippen LogP) is 1.95.